The lowest BCUT2D eigenvalue weighted by Gasteiger charge is -2.23. The van der Waals surface area contributed by atoms with Gasteiger partial charge in [-0.15, -0.1) is 0 Å². The van der Waals surface area contributed by atoms with Crippen molar-refractivity contribution in [3.05, 3.63) is 35.4 Å². The topological polar surface area (TPSA) is 57.6 Å². The van der Waals surface area contributed by atoms with E-state index in [1.165, 1.54) is 6.07 Å². The van der Waals surface area contributed by atoms with Crippen LogP contribution in [-0.2, 0) is 4.79 Å². The van der Waals surface area contributed by atoms with Crippen molar-refractivity contribution in [3.8, 4) is 0 Å². The van der Waals surface area contributed by atoms with E-state index < -0.39 is 35.6 Å². The summed E-state index contributed by atoms with van der Waals surface area (Å²) in [5, 5.41) is 8.75. The fourth-order valence-electron chi connectivity index (χ4n) is 1.66. The zero-order valence-corrected chi connectivity index (χ0v) is 10.7. The molecule has 0 saturated carbocycles. The summed E-state index contributed by atoms with van der Waals surface area (Å²) in [6.07, 6.45) is 0. The van der Waals surface area contributed by atoms with E-state index in [9.17, 15) is 18.4 Å². The molecule has 4 nitrogen and oxygen atoms in total. The average molecular weight is 271 g/mol. The summed E-state index contributed by atoms with van der Waals surface area (Å²) in [6.45, 7) is 3.20. The SMILES string of the molecule is CC(C)CN(CC(=O)O)C(=O)c1cccc(F)c1F. The second-order valence-corrected chi connectivity index (χ2v) is 4.57. The van der Waals surface area contributed by atoms with Crippen molar-refractivity contribution in [2.75, 3.05) is 13.1 Å². The minimum Gasteiger partial charge on any atom is -0.480 e. The van der Waals surface area contributed by atoms with Crippen LogP contribution in [0, 0.1) is 17.6 Å². The van der Waals surface area contributed by atoms with Gasteiger partial charge in [0.2, 0.25) is 0 Å². The van der Waals surface area contributed by atoms with E-state index in [-0.39, 0.29) is 12.5 Å². The molecular formula is C13H15F2NO3. The zero-order chi connectivity index (χ0) is 14.6. The Morgan fingerprint density at radius 3 is 2.47 bits per heavy atom. The molecule has 0 aromatic heterocycles. The van der Waals surface area contributed by atoms with Crippen LogP contribution in [-0.4, -0.2) is 35.0 Å². The quantitative estimate of drug-likeness (QED) is 0.892. The summed E-state index contributed by atoms with van der Waals surface area (Å²) in [5.74, 6) is -4.41. The van der Waals surface area contributed by atoms with Gasteiger partial charge in [0.15, 0.2) is 11.6 Å². The molecule has 0 radical (unpaired) electrons. The van der Waals surface area contributed by atoms with Gasteiger partial charge in [0, 0.05) is 6.54 Å². The molecule has 1 rings (SSSR count). The zero-order valence-electron chi connectivity index (χ0n) is 10.7. The summed E-state index contributed by atoms with van der Waals surface area (Å²) in [5.41, 5.74) is -0.457. The second kappa shape index (κ2) is 6.26. The molecule has 0 saturated heterocycles. The second-order valence-electron chi connectivity index (χ2n) is 4.57. The first kappa shape index (κ1) is 15.1. The molecule has 1 amide bonds. The van der Waals surface area contributed by atoms with Gasteiger partial charge in [-0.05, 0) is 18.1 Å². The normalized spacial score (nSPS) is 10.6. The molecule has 104 valence electrons. The number of nitrogens with zero attached hydrogens (tertiary/aromatic N) is 1. The van der Waals surface area contributed by atoms with Crippen LogP contribution in [0.2, 0.25) is 0 Å². The van der Waals surface area contributed by atoms with E-state index in [0.717, 1.165) is 17.0 Å². The monoisotopic (exact) mass is 271 g/mol. The molecule has 0 atom stereocenters. The first-order valence-corrected chi connectivity index (χ1v) is 5.78. The maximum Gasteiger partial charge on any atom is 0.323 e. The van der Waals surface area contributed by atoms with Crippen molar-refractivity contribution in [3.63, 3.8) is 0 Å². The Labute approximate surface area is 109 Å². The van der Waals surface area contributed by atoms with Gasteiger partial charge in [-0.3, -0.25) is 9.59 Å². The minimum atomic E-state index is -1.26. The molecule has 0 fully saturated rings. The molecule has 1 aromatic rings. The van der Waals surface area contributed by atoms with E-state index in [4.69, 9.17) is 5.11 Å². The van der Waals surface area contributed by atoms with Crippen LogP contribution in [0.5, 0.6) is 0 Å². The molecule has 0 bridgehead atoms. The number of carbonyl (C=O) groups excluding carboxylic acids is 1. The van der Waals surface area contributed by atoms with Crippen molar-refractivity contribution >= 4 is 11.9 Å². The van der Waals surface area contributed by atoms with Crippen LogP contribution in [0.25, 0.3) is 0 Å². The average Bonchev–Trinajstić information content (AvgIpc) is 2.30. The van der Waals surface area contributed by atoms with Crippen LogP contribution in [0.1, 0.15) is 24.2 Å². The largest absolute Gasteiger partial charge is 0.480 e. The highest BCUT2D eigenvalue weighted by Gasteiger charge is 2.23. The van der Waals surface area contributed by atoms with Gasteiger partial charge >= 0.3 is 5.97 Å². The number of aliphatic carboxylic acids is 1. The molecule has 0 spiro atoms. The van der Waals surface area contributed by atoms with Crippen molar-refractivity contribution in [2.45, 2.75) is 13.8 Å². The maximum absolute atomic E-state index is 13.5. The van der Waals surface area contributed by atoms with Gasteiger partial charge < -0.3 is 10.0 Å². The molecule has 0 aliphatic heterocycles. The third-order valence-electron chi connectivity index (χ3n) is 2.38. The van der Waals surface area contributed by atoms with Gasteiger partial charge in [0.25, 0.3) is 5.91 Å². The number of amides is 1. The molecule has 19 heavy (non-hydrogen) atoms. The fourth-order valence-corrected chi connectivity index (χ4v) is 1.66. The summed E-state index contributed by atoms with van der Waals surface area (Å²) in [6, 6.07) is 3.24. The highest BCUT2D eigenvalue weighted by atomic mass is 19.2. The van der Waals surface area contributed by atoms with E-state index in [2.05, 4.69) is 0 Å². The first-order valence-electron chi connectivity index (χ1n) is 5.78. The number of hydrogen-bond donors (Lipinski definition) is 1. The fraction of sp³-hybridized carbons (Fsp3) is 0.385. The molecule has 1 N–H and O–H groups in total. The van der Waals surface area contributed by atoms with Gasteiger partial charge in [-0.2, -0.15) is 0 Å². The van der Waals surface area contributed by atoms with Crippen molar-refractivity contribution < 1.29 is 23.5 Å². The molecular weight excluding hydrogens is 256 g/mol. The Morgan fingerprint density at radius 1 is 1.32 bits per heavy atom. The Hall–Kier alpha value is -1.98. The number of carbonyl (C=O) groups is 2. The minimum absolute atomic E-state index is 0.0138. The lowest BCUT2D eigenvalue weighted by molar-refractivity contribution is -0.137. The van der Waals surface area contributed by atoms with Crippen LogP contribution < -0.4 is 0 Å². The third-order valence-corrected chi connectivity index (χ3v) is 2.38. The predicted octanol–water partition coefficient (Wildman–Crippen LogP) is 2.15. The standard InChI is InChI=1S/C13H15F2NO3/c1-8(2)6-16(7-11(17)18)13(19)9-4-3-5-10(14)12(9)15/h3-5,8H,6-7H2,1-2H3,(H,17,18). The predicted molar refractivity (Wildman–Crippen MR) is 64.7 cm³/mol. The van der Waals surface area contributed by atoms with E-state index in [0.29, 0.717) is 0 Å². The summed E-state index contributed by atoms with van der Waals surface area (Å²) in [7, 11) is 0. The molecule has 1 aromatic carbocycles. The summed E-state index contributed by atoms with van der Waals surface area (Å²) >= 11 is 0. The van der Waals surface area contributed by atoms with Gasteiger partial charge in [0.05, 0.1) is 5.56 Å². The number of hydrogen-bond acceptors (Lipinski definition) is 2. The molecule has 0 unspecified atom stereocenters. The van der Waals surface area contributed by atoms with E-state index >= 15 is 0 Å². The number of carboxylic acid groups (broad SMARTS) is 1. The van der Waals surface area contributed by atoms with Crippen LogP contribution in [0.3, 0.4) is 0 Å². The van der Waals surface area contributed by atoms with Gasteiger partial charge in [-0.25, -0.2) is 8.78 Å². The first-order chi connectivity index (χ1) is 8.82. The smallest absolute Gasteiger partial charge is 0.323 e. The Balaban J connectivity index is 3.04. The van der Waals surface area contributed by atoms with Crippen molar-refractivity contribution in [1.82, 2.24) is 4.90 Å². The van der Waals surface area contributed by atoms with E-state index in [1.807, 2.05) is 0 Å². The third kappa shape index (κ3) is 4.01. The molecule has 0 aliphatic carbocycles. The molecule has 0 heterocycles. The highest BCUT2D eigenvalue weighted by Crippen LogP contribution is 2.14. The Kier molecular flexibility index (Phi) is 4.97. The molecule has 6 heteroatoms. The number of carboxylic acids is 1. The maximum atomic E-state index is 13.5. The number of halogens is 2. The Morgan fingerprint density at radius 2 is 1.95 bits per heavy atom. The summed E-state index contributed by atoms with van der Waals surface area (Å²) in [4.78, 5) is 23.8. The number of benzene rings is 1. The lowest BCUT2D eigenvalue weighted by Crippen LogP contribution is -2.38. The lowest BCUT2D eigenvalue weighted by atomic mass is 10.1. The van der Waals surface area contributed by atoms with Crippen molar-refractivity contribution in [1.29, 1.82) is 0 Å². The van der Waals surface area contributed by atoms with Gasteiger partial charge in [0.1, 0.15) is 6.54 Å². The summed E-state index contributed by atoms with van der Waals surface area (Å²) < 4.78 is 26.6. The van der Waals surface area contributed by atoms with E-state index in [1.54, 1.807) is 13.8 Å². The van der Waals surface area contributed by atoms with Crippen molar-refractivity contribution in [2.24, 2.45) is 5.92 Å². The van der Waals surface area contributed by atoms with Crippen LogP contribution >= 0.6 is 0 Å². The number of rotatable bonds is 5. The van der Waals surface area contributed by atoms with Crippen LogP contribution in [0.15, 0.2) is 18.2 Å². The van der Waals surface area contributed by atoms with Crippen LogP contribution in [0.4, 0.5) is 8.78 Å². The van der Waals surface area contributed by atoms with Gasteiger partial charge in [-0.1, -0.05) is 19.9 Å². The Bertz CT molecular complexity index is 489. The molecule has 0 aliphatic rings. The highest BCUT2D eigenvalue weighted by molar-refractivity contribution is 5.96.